The van der Waals surface area contributed by atoms with Crippen molar-refractivity contribution in [3.8, 4) is 0 Å². The maximum atomic E-state index is 10.5. The normalized spacial score (nSPS) is 12.4. The summed E-state index contributed by atoms with van der Waals surface area (Å²) < 4.78 is 0. The van der Waals surface area contributed by atoms with Gasteiger partial charge in [-0.25, -0.2) is 0 Å². The predicted octanol–water partition coefficient (Wildman–Crippen LogP) is 1.76. The Morgan fingerprint density at radius 3 is 2.36 bits per heavy atom. The maximum Gasteiger partial charge on any atom is 0.303 e. The molecule has 0 aliphatic carbocycles. The molecule has 1 atom stereocenters. The molecule has 1 aromatic carbocycles. The molecule has 0 heterocycles. The number of aliphatic hydroxyl groups excluding tert-OH is 1. The third-order valence-corrected chi connectivity index (χ3v) is 2.21. The lowest BCUT2D eigenvalue weighted by Gasteiger charge is -2.09. The van der Waals surface area contributed by atoms with Crippen LogP contribution in [0, 0.1) is 0 Å². The van der Waals surface area contributed by atoms with Crippen LogP contribution in [0.25, 0.3) is 0 Å². The van der Waals surface area contributed by atoms with Crippen molar-refractivity contribution in [2.45, 2.75) is 25.9 Å². The largest absolute Gasteiger partial charge is 0.481 e. The molecule has 0 saturated heterocycles. The van der Waals surface area contributed by atoms with E-state index in [1.54, 1.807) is 0 Å². The molecule has 0 aliphatic rings. The van der Waals surface area contributed by atoms with Gasteiger partial charge in [0.05, 0.1) is 13.0 Å². The van der Waals surface area contributed by atoms with Crippen LogP contribution in [-0.2, 0) is 11.4 Å². The molecule has 1 rings (SSSR count). The number of aliphatic carboxylic acids is 1. The molecule has 0 bridgehead atoms. The van der Waals surface area contributed by atoms with E-state index in [1.807, 2.05) is 31.2 Å². The Bertz CT molecular complexity index is 303. The van der Waals surface area contributed by atoms with Gasteiger partial charge in [0, 0.05) is 0 Å². The molecule has 3 nitrogen and oxygen atoms in total. The highest BCUT2D eigenvalue weighted by Gasteiger charge is 2.09. The first-order chi connectivity index (χ1) is 6.63. The summed E-state index contributed by atoms with van der Waals surface area (Å²) in [6.07, 6.45) is 0.137. The summed E-state index contributed by atoms with van der Waals surface area (Å²) in [6, 6.07) is 7.35. The minimum atomic E-state index is -0.788. The second-order valence-electron chi connectivity index (χ2n) is 3.40. The van der Waals surface area contributed by atoms with Crippen molar-refractivity contribution >= 4 is 5.97 Å². The van der Waals surface area contributed by atoms with Crippen LogP contribution < -0.4 is 0 Å². The van der Waals surface area contributed by atoms with Gasteiger partial charge >= 0.3 is 5.97 Å². The number of rotatable bonds is 4. The first-order valence-corrected chi connectivity index (χ1v) is 4.55. The fraction of sp³-hybridized carbons (Fsp3) is 0.364. The second kappa shape index (κ2) is 4.77. The molecular formula is C11H14O3. The van der Waals surface area contributed by atoms with Crippen molar-refractivity contribution in [3.05, 3.63) is 35.4 Å². The highest BCUT2D eigenvalue weighted by Crippen LogP contribution is 2.19. The Morgan fingerprint density at radius 2 is 1.93 bits per heavy atom. The molecule has 0 saturated carbocycles. The van der Waals surface area contributed by atoms with Crippen LogP contribution in [0.3, 0.4) is 0 Å². The summed E-state index contributed by atoms with van der Waals surface area (Å²) in [5.41, 5.74) is 1.83. The van der Waals surface area contributed by atoms with E-state index in [2.05, 4.69) is 0 Å². The summed E-state index contributed by atoms with van der Waals surface area (Å²) >= 11 is 0. The summed E-state index contributed by atoms with van der Waals surface area (Å²) in [7, 11) is 0. The van der Waals surface area contributed by atoms with Crippen LogP contribution >= 0.6 is 0 Å². The van der Waals surface area contributed by atoms with Crippen LogP contribution in [0.2, 0.25) is 0 Å². The fourth-order valence-electron chi connectivity index (χ4n) is 1.33. The Morgan fingerprint density at radius 1 is 1.36 bits per heavy atom. The summed E-state index contributed by atoms with van der Waals surface area (Å²) in [6.45, 7) is 1.90. The number of carboxylic acid groups (broad SMARTS) is 1. The Balaban J connectivity index is 2.71. The molecule has 1 aromatic rings. The summed E-state index contributed by atoms with van der Waals surface area (Å²) in [4.78, 5) is 10.5. The average molecular weight is 194 g/mol. The van der Waals surface area contributed by atoms with E-state index in [-0.39, 0.29) is 18.9 Å². The molecular weight excluding hydrogens is 180 g/mol. The fourth-order valence-corrected chi connectivity index (χ4v) is 1.33. The van der Waals surface area contributed by atoms with Gasteiger partial charge < -0.3 is 10.2 Å². The SMILES string of the molecule is C[C@H](CC(=O)O)c1ccc(CO)cc1. The van der Waals surface area contributed by atoms with Crippen LogP contribution in [0.4, 0.5) is 0 Å². The Hall–Kier alpha value is -1.35. The summed E-state index contributed by atoms with van der Waals surface area (Å²) in [5, 5.41) is 17.4. The molecule has 2 N–H and O–H groups in total. The van der Waals surface area contributed by atoms with Crippen LogP contribution in [0.1, 0.15) is 30.4 Å². The third-order valence-electron chi connectivity index (χ3n) is 2.21. The Labute approximate surface area is 83.0 Å². The lowest BCUT2D eigenvalue weighted by atomic mass is 9.97. The molecule has 0 fully saturated rings. The first-order valence-electron chi connectivity index (χ1n) is 4.55. The first kappa shape index (κ1) is 10.7. The van der Waals surface area contributed by atoms with Crippen molar-refractivity contribution in [1.29, 1.82) is 0 Å². The van der Waals surface area contributed by atoms with Crippen molar-refractivity contribution in [2.75, 3.05) is 0 Å². The van der Waals surface area contributed by atoms with Gasteiger partial charge in [-0.05, 0) is 17.0 Å². The van der Waals surface area contributed by atoms with Crippen molar-refractivity contribution in [3.63, 3.8) is 0 Å². The zero-order chi connectivity index (χ0) is 10.6. The minimum absolute atomic E-state index is 0.0141. The molecule has 0 unspecified atom stereocenters. The van der Waals surface area contributed by atoms with E-state index in [0.717, 1.165) is 11.1 Å². The van der Waals surface area contributed by atoms with Gasteiger partial charge in [0.2, 0.25) is 0 Å². The number of carboxylic acids is 1. The van der Waals surface area contributed by atoms with Gasteiger partial charge in [-0.15, -0.1) is 0 Å². The van der Waals surface area contributed by atoms with E-state index in [4.69, 9.17) is 10.2 Å². The highest BCUT2D eigenvalue weighted by atomic mass is 16.4. The zero-order valence-corrected chi connectivity index (χ0v) is 8.10. The lowest BCUT2D eigenvalue weighted by Crippen LogP contribution is -2.02. The van der Waals surface area contributed by atoms with E-state index < -0.39 is 5.97 Å². The molecule has 3 heteroatoms. The van der Waals surface area contributed by atoms with E-state index >= 15 is 0 Å². The standard InChI is InChI=1S/C11H14O3/c1-8(6-11(13)14)10-4-2-9(7-12)3-5-10/h2-5,8,12H,6-7H2,1H3,(H,13,14)/t8-/m1/s1. The van der Waals surface area contributed by atoms with Gasteiger partial charge in [-0.3, -0.25) is 4.79 Å². The number of hydrogen-bond donors (Lipinski definition) is 2. The smallest absolute Gasteiger partial charge is 0.303 e. The second-order valence-corrected chi connectivity index (χ2v) is 3.40. The molecule has 0 amide bonds. The monoisotopic (exact) mass is 194 g/mol. The van der Waals surface area contributed by atoms with Crippen molar-refractivity contribution in [2.24, 2.45) is 0 Å². The van der Waals surface area contributed by atoms with Crippen LogP contribution in [0.15, 0.2) is 24.3 Å². The molecule has 0 aromatic heterocycles. The number of aliphatic hydroxyl groups is 1. The van der Waals surface area contributed by atoms with Gasteiger partial charge in [0.1, 0.15) is 0 Å². The van der Waals surface area contributed by atoms with E-state index in [9.17, 15) is 4.79 Å². The van der Waals surface area contributed by atoms with Gasteiger partial charge in [-0.1, -0.05) is 31.2 Å². The highest BCUT2D eigenvalue weighted by molar-refractivity contribution is 5.67. The van der Waals surface area contributed by atoms with Crippen LogP contribution in [0.5, 0.6) is 0 Å². The topological polar surface area (TPSA) is 57.5 Å². The maximum absolute atomic E-state index is 10.5. The predicted molar refractivity (Wildman–Crippen MR) is 53.0 cm³/mol. The number of carbonyl (C=O) groups is 1. The molecule has 14 heavy (non-hydrogen) atoms. The Kier molecular flexibility index (Phi) is 3.65. The quantitative estimate of drug-likeness (QED) is 0.767. The number of hydrogen-bond acceptors (Lipinski definition) is 2. The van der Waals surface area contributed by atoms with Gasteiger partial charge in [0.15, 0.2) is 0 Å². The minimum Gasteiger partial charge on any atom is -0.481 e. The van der Waals surface area contributed by atoms with Gasteiger partial charge in [0.25, 0.3) is 0 Å². The van der Waals surface area contributed by atoms with Gasteiger partial charge in [-0.2, -0.15) is 0 Å². The number of benzene rings is 1. The van der Waals surface area contributed by atoms with Crippen molar-refractivity contribution < 1.29 is 15.0 Å². The molecule has 76 valence electrons. The van der Waals surface area contributed by atoms with Crippen molar-refractivity contribution in [1.82, 2.24) is 0 Å². The molecule has 0 spiro atoms. The zero-order valence-electron chi connectivity index (χ0n) is 8.10. The summed E-state index contributed by atoms with van der Waals surface area (Å²) in [5.74, 6) is -0.774. The molecule has 0 aliphatic heterocycles. The van der Waals surface area contributed by atoms with Crippen LogP contribution in [-0.4, -0.2) is 16.2 Å². The molecule has 0 radical (unpaired) electrons. The third kappa shape index (κ3) is 2.85. The van der Waals surface area contributed by atoms with E-state index in [0.29, 0.717) is 0 Å². The van der Waals surface area contributed by atoms with E-state index in [1.165, 1.54) is 0 Å². The average Bonchev–Trinajstić information content (AvgIpc) is 2.17. The lowest BCUT2D eigenvalue weighted by molar-refractivity contribution is -0.137.